The number of aromatic amines is 1. The number of fused-ring (bicyclic) bond motifs is 1. The fourth-order valence-electron chi connectivity index (χ4n) is 1.58. The van der Waals surface area contributed by atoms with Gasteiger partial charge < -0.3 is 9.72 Å². The van der Waals surface area contributed by atoms with Crippen LogP contribution in [-0.2, 0) is 0 Å². The highest BCUT2D eigenvalue weighted by Crippen LogP contribution is 2.31. The minimum Gasteiger partial charge on any atom is -0.495 e. The Labute approximate surface area is 102 Å². The van der Waals surface area contributed by atoms with Crippen molar-refractivity contribution in [1.82, 2.24) is 4.98 Å². The third kappa shape index (κ3) is 2.24. The van der Waals surface area contributed by atoms with Crippen LogP contribution in [0.1, 0.15) is 5.56 Å². The minimum absolute atomic E-state index is 0.492. The molecule has 2 aromatic rings. The summed E-state index contributed by atoms with van der Waals surface area (Å²) in [5.41, 5.74) is 1.52. The smallest absolute Gasteiger partial charge is 0.235 e. The second-order valence-electron chi connectivity index (χ2n) is 3.38. The number of aromatic nitrogens is 1. The van der Waals surface area contributed by atoms with E-state index in [4.69, 9.17) is 16.3 Å². The van der Waals surface area contributed by atoms with Gasteiger partial charge in [-0.2, -0.15) is 0 Å². The van der Waals surface area contributed by atoms with E-state index in [1.54, 1.807) is 18.3 Å². The summed E-state index contributed by atoms with van der Waals surface area (Å²) >= 11 is 5.97. The van der Waals surface area contributed by atoms with E-state index >= 15 is 0 Å². The molecular weight excluding hydrogens is 244 g/mol. The van der Waals surface area contributed by atoms with E-state index in [1.165, 1.54) is 13.2 Å². The van der Waals surface area contributed by atoms with Gasteiger partial charge in [0.05, 0.1) is 17.1 Å². The highest BCUT2D eigenvalue weighted by Gasteiger charge is 2.07. The first-order valence-electron chi connectivity index (χ1n) is 4.78. The van der Waals surface area contributed by atoms with Crippen LogP contribution in [0.15, 0.2) is 24.5 Å². The third-order valence-electron chi connectivity index (χ3n) is 2.36. The Morgan fingerprint density at radius 3 is 2.94 bits per heavy atom. The highest BCUT2D eigenvalue weighted by molar-refractivity contribution is 6.32. The molecule has 0 radical (unpaired) electrons. The Morgan fingerprint density at radius 2 is 2.29 bits per heavy atom. The topological polar surface area (TPSA) is 68.2 Å². The van der Waals surface area contributed by atoms with Crippen LogP contribution in [0.4, 0.5) is 0 Å². The molecule has 0 bridgehead atoms. The van der Waals surface area contributed by atoms with Crippen LogP contribution in [0, 0.1) is 10.1 Å². The largest absolute Gasteiger partial charge is 0.495 e. The Balaban J connectivity index is 2.55. The van der Waals surface area contributed by atoms with Gasteiger partial charge in [0.1, 0.15) is 5.75 Å². The van der Waals surface area contributed by atoms with Gasteiger partial charge in [0.25, 0.3) is 0 Å². The number of methoxy groups -OCH3 is 1. The number of nitrogens with one attached hydrogen (secondary N) is 1. The van der Waals surface area contributed by atoms with Gasteiger partial charge in [-0.3, -0.25) is 10.1 Å². The first-order chi connectivity index (χ1) is 8.11. The van der Waals surface area contributed by atoms with E-state index < -0.39 is 4.92 Å². The first-order valence-corrected chi connectivity index (χ1v) is 5.16. The SMILES string of the molecule is COc1cc2c(/C=C/[N+](=O)[O-])c[nH]c2cc1Cl. The van der Waals surface area contributed by atoms with Crippen LogP contribution in [0.3, 0.4) is 0 Å². The van der Waals surface area contributed by atoms with Gasteiger partial charge >= 0.3 is 0 Å². The van der Waals surface area contributed by atoms with Gasteiger partial charge in [0.15, 0.2) is 0 Å². The fourth-order valence-corrected chi connectivity index (χ4v) is 1.82. The Morgan fingerprint density at radius 1 is 1.53 bits per heavy atom. The molecule has 17 heavy (non-hydrogen) atoms. The molecule has 5 nitrogen and oxygen atoms in total. The van der Waals surface area contributed by atoms with Crippen molar-refractivity contribution in [2.75, 3.05) is 7.11 Å². The Kier molecular flexibility index (Phi) is 3.01. The average molecular weight is 253 g/mol. The first kappa shape index (κ1) is 11.5. The van der Waals surface area contributed by atoms with Crippen LogP contribution >= 0.6 is 11.6 Å². The summed E-state index contributed by atoms with van der Waals surface area (Å²) in [6.07, 6.45) is 4.00. The zero-order valence-corrected chi connectivity index (χ0v) is 9.69. The summed E-state index contributed by atoms with van der Waals surface area (Å²) in [4.78, 5) is 12.8. The van der Waals surface area contributed by atoms with Crippen LogP contribution < -0.4 is 4.74 Å². The van der Waals surface area contributed by atoms with Gasteiger partial charge in [-0.25, -0.2) is 0 Å². The summed E-state index contributed by atoms with van der Waals surface area (Å²) in [5.74, 6) is 0.537. The molecular formula is C11H9ClN2O3. The summed E-state index contributed by atoms with van der Waals surface area (Å²) in [6, 6.07) is 3.47. The van der Waals surface area contributed by atoms with Crippen LogP contribution in [0.5, 0.6) is 5.75 Å². The third-order valence-corrected chi connectivity index (χ3v) is 2.66. The van der Waals surface area contributed by atoms with Crippen molar-refractivity contribution in [1.29, 1.82) is 0 Å². The molecule has 1 N–H and O–H groups in total. The number of halogens is 1. The molecule has 0 spiro atoms. The molecule has 0 aliphatic rings. The van der Waals surface area contributed by atoms with E-state index in [-0.39, 0.29) is 0 Å². The number of ether oxygens (including phenoxy) is 1. The second kappa shape index (κ2) is 4.47. The molecule has 1 aromatic heterocycles. The van der Waals surface area contributed by atoms with E-state index in [9.17, 15) is 10.1 Å². The Hall–Kier alpha value is -2.01. The van der Waals surface area contributed by atoms with E-state index in [0.29, 0.717) is 16.3 Å². The van der Waals surface area contributed by atoms with Gasteiger partial charge in [-0.1, -0.05) is 11.6 Å². The molecule has 0 amide bonds. The molecule has 1 aromatic carbocycles. The molecule has 6 heteroatoms. The second-order valence-corrected chi connectivity index (χ2v) is 3.78. The quantitative estimate of drug-likeness (QED) is 0.674. The Bertz CT molecular complexity index is 604. The number of benzene rings is 1. The standard InChI is InChI=1S/C11H9ClN2O3/c1-17-11-4-8-7(2-3-14(15)16)6-13-10(8)5-9(11)12/h2-6,13H,1H3/b3-2+. The van der Waals surface area contributed by atoms with Crippen molar-refractivity contribution in [2.24, 2.45) is 0 Å². The maximum atomic E-state index is 10.3. The average Bonchev–Trinajstić information content (AvgIpc) is 2.67. The lowest BCUT2D eigenvalue weighted by atomic mass is 10.1. The van der Waals surface area contributed by atoms with E-state index in [0.717, 1.165) is 17.1 Å². The van der Waals surface area contributed by atoms with Gasteiger partial charge in [-0.15, -0.1) is 0 Å². The monoisotopic (exact) mass is 252 g/mol. The van der Waals surface area contributed by atoms with Crippen molar-refractivity contribution in [3.63, 3.8) is 0 Å². The van der Waals surface area contributed by atoms with Gasteiger partial charge in [0, 0.05) is 28.7 Å². The number of H-pyrrole nitrogens is 1. The van der Waals surface area contributed by atoms with Crippen molar-refractivity contribution in [3.8, 4) is 5.75 Å². The van der Waals surface area contributed by atoms with Gasteiger partial charge in [-0.05, 0) is 12.1 Å². The zero-order chi connectivity index (χ0) is 12.4. The molecule has 88 valence electrons. The van der Waals surface area contributed by atoms with Crippen molar-refractivity contribution < 1.29 is 9.66 Å². The normalized spacial score (nSPS) is 11.2. The molecule has 1 heterocycles. The number of hydrogen-bond donors (Lipinski definition) is 1. The van der Waals surface area contributed by atoms with Crippen LogP contribution in [-0.4, -0.2) is 17.0 Å². The van der Waals surface area contributed by atoms with Crippen molar-refractivity contribution in [2.45, 2.75) is 0 Å². The lowest BCUT2D eigenvalue weighted by Crippen LogP contribution is -1.84. The van der Waals surface area contributed by atoms with Crippen molar-refractivity contribution >= 4 is 28.6 Å². The zero-order valence-electron chi connectivity index (χ0n) is 8.94. The summed E-state index contributed by atoms with van der Waals surface area (Å²) in [6.45, 7) is 0. The van der Waals surface area contributed by atoms with E-state index in [2.05, 4.69) is 4.98 Å². The predicted octanol–water partition coefficient (Wildman–Crippen LogP) is 3.08. The minimum atomic E-state index is -0.508. The molecule has 2 rings (SSSR count). The number of hydrogen-bond acceptors (Lipinski definition) is 3. The molecule has 0 saturated heterocycles. The van der Waals surface area contributed by atoms with Crippen LogP contribution in [0.25, 0.3) is 17.0 Å². The van der Waals surface area contributed by atoms with Crippen molar-refractivity contribution in [3.05, 3.63) is 45.2 Å². The van der Waals surface area contributed by atoms with Gasteiger partial charge in [0.2, 0.25) is 6.20 Å². The number of nitrogens with zero attached hydrogens (tertiary/aromatic N) is 1. The lowest BCUT2D eigenvalue weighted by Gasteiger charge is -2.02. The maximum Gasteiger partial charge on any atom is 0.235 e. The maximum absolute atomic E-state index is 10.3. The molecule has 0 aliphatic carbocycles. The molecule has 0 aliphatic heterocycles. The summed E-state index contributed by atoms with van der Waals surface area (Å²) in [7, 11) is 1.52. The van der Waals surface area contributed by atoms with Crippen LogP contribution in [0.2, 0.25) is 5.02 Å². The van der Waals surface area contributed by atoms with E-state index in [1.807, 2.05) is 0 Å². The summed E-state index contributed by atoms with van der Waals surface area (Å²) in [5, 5.41) is 11.6. The number of nitro groups is 1. The highest BCUT2D eigenvalue weighted by atomic mass is 35.5. The lowest BCUT2D eigenvalue weighted by molar-refractivity contribution is -0.400. The summed E-state index contributed by atoms with van der Waals surface area (Å²) < 4.78 is 5.10. The molecule has 0 saturated carbocycles. The molecule has 0 unspecified atom stereocenters. The molecule has 0 fully saturated rings. The predicted molar refractivity (Wildman–Crippen MR) is 65.9 cm³/mol. The molecule has 0 atom stereocenters. The number of rotatable bonds is 3. The fraction of sp³-hybridized carbons (Fsp3) is 0.0909.